The van der Waals surface area contributed by atoms with E-state index in [4.69, 9.17) is 16.2 Å². The molecule has 3 rings (SSSR count). The van der Waals surface area contributed by atoms with E-state index in [2.05, 4.69) is 10.2 Å². The van der Waals surface area contributed by atoms with Crippen LogP contribution in [0.25, 0.3) is 10.8 Å². The zero-order chi connectivity index (χ0) is 17.3. The number of halogens is 1. The average Bonchev–Trinajstić information content (AvgIpc) is 2.54. The van der Waals surface area contributed by atoms with E-state index in [1.165, 1.54) is 30.3 Å². The van der Waals surface area contributed by atoms with Crippen molar-refractivity contribution in [1.29, 1.82) is 0 Å². The van der Waals surface area contributed by atoms with E-state index in [1.807, 2.05) is 0 Å². The van der Waals surface area contributed by atoms with E-state index < -0.39 is 10.1 Å². The zero-order valence-corrected chi connectivity index (χ0v) is 16.6. The van der Waals surface area contributed by atoms with Crippen LogP contribution < -0.4 is 34.7 Å². The molecule has 25 heavy (non-hydrogen) atoms. The molecule has 122 valence electrons. The van der Waals surface area contributed by atoms with Crippen LogP contribution in [0.5, 0.6) is 5.75 Å². The predicted octanol–water partition coefficient (Wildman–Crippen LogP) is 1.23. The van der Waals surface area contributed by atoms with Crippen LogP contribution in [0.4, 0.5) is 11.4 Å². The maximum atomic E-state index is 12.0. The van der Waals surface area contributed by atoms with Gasteiger partial charge in [0.05, 0.1) is 16.3 Å². The molecule has 0 aliphatic rings. The van der Waals surface area contributed by atoms with Gasteiger partial charge in [-0.3, -0.25) is 4.55 Å². The minimum Gasteiger partial charge on any atom is -0.871 e. The van der Waals surface area contributed by atoms with Gasteiger partial charge in [0.1, 0.15) is 0 Å². The zero-order valence-electron chi connectivity index (χ0n) is 13.0. The second-order valence-electron chi connectivity index (χ2n) is 4.95. The molecule has 3 aromatic carbocycles. The molecule has 0 aromatic heterocycles. The Morgan fingerprint density at radius 3 is 2.28 bits per heavy atom. The second-order valence-corrected chi connectivity index (χ2v) is 6.80. The van der Waals surface area contributed by atoms with Crippen LogP contribution in [0.1, 0.15) is 0 Å². The largest absolute Gasteiger partial charge is 1.00 e. The summed E-state index contributed by atoms with van der Waals surface area (Å²) in [6.45, 7) is 0. The van der Waals surface area contributed by atoms with Crippen molar-refractivity contribution in [2.75, 3.05) is 0 Å². The molecular formula is C16H10ClN2NaO4S. The van der Waals surface area contributed by atoms with Crippen molar-refractivity contribution in [3.05, 3.63) is 59.6 Å². The molecule has 0 unspecified atom stereocenters. The fourth-order valence-corrected chi connectivity index (χ4v) is 2.79. The molecule has 0 saturated carbocycles. The molecule has 0 atom stereocenters. The third-order valence-corrected chi connectivity index (χ3v) is 4.42. The van der Waals surface area contributed by atoms with Gasteiger partial charge in [-0.15, -0.1) is 0 Å². The van der Waals surface area contributed by atoms with Crippen LogP contribution in [0, 0.1) is 0 Å². The van der Waals surface area contributed by atoms with Gasteiger partial charge in [-0.2, -0.15) is 18.6 Å². The molecule has 0 heterocycles. The number of hydrogen-bond acceptors (Lipinski definition) is 5. The van der Waals surface area contributed by atoms with E-state index in [-0.39, 0.29) is 45.9 Å². The Morgan fingerprint density at radius 1 is 0.960 bits per heavy atom. The molecule has 0 amide bonds. The first-order chi connectivity index (χ1) is 11.3. The number of nitrogens with zero attached hydrogens (tertiary/aromatic N) is 2. The smallest absolute Gasteiger partial charge is 0.871 e. The molecule has 0 spiro atoms. The van der Waals surface area contributed by atoms with Crippen molar-refractivity contribution in [3.63, 3.8) is 0 Å². The summed E-state index contributed by atoms with van der Waals surface area (Å²) in [5.41, 5.74) is 0.606. The molecule has 0 bridgehead atoms. The molecule has 0 aliphatic heterocycles. The fraction of sp³-hybridized carbons (Fsp3) is 0. The quantitative estimate of drug-likeness (QED) is 0.417. The molecule has 0 fully saturated rings. The van der Waals surface area contributed by atoms with E-state index >= 15 is 0 Å². The summed E-state index contributed by atoms with van der Waals surface area (Å²) in [5.74, 6) is -0.347. The van der Waals surface area contributed by atoms with Gasteiger partial charge in [0.25, 0.3) is 10.1 Å². The number of hydrogen-bond donors (Lipinski definition) is 1. The Bertz CT molecular complexity index is 1050. The topological polar surface area (TPSA) is 102 Å². The van der Waals surface area contributed by atoms with E-state index in [1.54, 1.807) is 24.3 Å². The van der Waals surface area contributed by atoms with Gasteiger partial charge in [-0.25, -0.2) is 0 Å². The van der Waals surface area contributed by atoms with Gasteiger partial charge in [0, 0.05) is 10.4 Å². The fourth-order valence-electron chi connectivity index (χ4n) is 2.15. The van der Waals surface area contributed by atoms with Crippen molar-refractivity contribution >= 4 is 43.9 Å². The second kappa shape index (κ2) is 7.82. The molecule has 3 aromatic rings. The maximum absolute atomic E-state index is 12.0. The van der Waals surface area contributed by atoms with Gasteiger partial charge in [-0.1, -0.05) is 35.5 Å². The number of rotatable bonds is 3. The summed E-state index contributed by atoms with van der Waals surface area (Å²) in [6.07, 6.45) is 0. The van der Waals surface area contributed by atoms with Gasteiger partial charge in [0.2, 0.25) is 0 Å². The van der Waals surface area contributed by atoms with Crippen LogP contribution in [0.2, 0.25) is 5.02 Å². The maximum Gasteiger partial charge on any atom is 1.00 e. The molecule has 9 heteroatoms. The first-order valence-electron chi connectivity index (χ1n) is 6.73. The summed E-state index contributed by atoms with van der Waals surface area (Å²) in [5, 5.41) is 21.5. The minimum absolute atomic E-state index is 0. The van der Waals surface area contributed by atoms with Gasteiger partial charge in [0.15, 0.2) is 0 Å². The molecule has 1 N–H and O–H groups in total. The number of benzene rings is 3. The van der Waals surface area contributed by atoms with Crippen molar-refractivity contribution in [3.8, 4) is 5.75 Å². The summed E-state index contributed by atoms with van der Waals surface area (Å²) in [4.78, 5) is -0.255. The monoisotopic (exact) mass is 384 g/mol. The van der Waals surface area contributed by atoms with Crippen LogP contribution in [-0.4, -0.2) is 13.0 Å². The van der Waals surface area contributed by atoms with Crippen LogP contribution in [-0.2, 0) is 10.1 Å². The van der Waals surface area contributed by atoms with Crippen molar-refractivity contribution in [1.82, 2.24) is 0 Å². The molecular weight excluding hydrogens is 375 g/mol. The van der Waals surface area contributed by atoms with Gasteiger partial charge >= 0.3 is 29.6 Å². The van der Waals surface area contributed by atoms with Crippen molar-refractivity contribution < 1.29 is 47.6 Å². The number of fused-ring (bicyclic) bond motifs is 1. The third kappa shape index (κ3) is 4.58. The normalized spacial score (nSPS) is 11.6. The van der Waals surface area contributed by atoms with Crippen LogP contribution >= 0.6 is 11.6 Å². The van der Waals surface area contributed by atoms with E-state index in [0.717, 1.165) is 0 Å². The predicted molar refractivity (Wildman–Crippen MR) is 88.8 cm³/mol. The summed E-state index contributed by atoms with van der Waals surface area (Å²) in [6, 6.07) is 13.2. The van der Waals surface area contributed by atoms with E-state index in [0.29, 0.717) is 21.5 Å². The Hall–Kier alpha value is -1.48. The molecule has 0 radical (unpaired) electrons. The van der Waals surface area contributed by atoms with Gasteiger partial charge in [-0.05, 0) is 41.8 Å². The molecule has 6 nitrogen and oxygen atoms in total. The molecule has 0 saturated heterocycles. The Kier molecular flexibility index (Phi) is 6.21. The SMILES string of the molecule is O=S(=O)(O)c1ccc2c(N=Nc3ccc(Cl)cc3)c([O-])ccc2c1.[Na+]. The van der Waals surface area contributed by atoms with E-state index in [9.17, 15) is 13.5 Å². The summed E-state index contributed by atoms with van der Waals surface area (Å²) in [7, 11) is -4.32. The van der Waals surface area contributed by atoms with Crippen molar-refractivity contribution in [2.45, 2.75) is 4.90 Å². The van der Waals surface area contributed by atoms with Gasteiger partial charge < -0.3 is 5.11 Å². The Labute approximate surface area is 171 Å². The van der Waals surface area contributed by atoms with Crippen LogP contribution in [0.15, 0.2) is 69.7 Å². The average molecular weight is 385 g/mol. The first-order valence-corrected chi connectivity index (χ1v) is 8.55. The van der Waals surface area contributed by atoms with Crippen LogP contribution in [0.3, 0.4) is 0 Å². The number of azo groups is 1. The standard InChI is InChI=1S/C16H11ClN2O4S.Na/c17-11-2-4-12(5-3-11)18-19-16-14-7-6-13(24(21,22)23)9-10(14)1-8-15(16)20;/h1-9,20H,(H,21,22,23);/q;+1/p-1. The first kappa shape index (κ1) is 19.8. The Morgan fingerprint density at radius 2 is 1.64 bits per heavy atom. The minimum atomic E-state index is -4.32. The Balaban J connectivity index is 0.00000225. The van der Waals surface area contributed by atoms with Crippen molar-refractivity contribution in [2.24, 2.45) is 10.2 Å². The third-order valence-electron chi connectivity index (χ3n) is 3.32. The molecule has 0 aliphatic carbocycles. The summed E-state index contributed by atoms with van der Waals surface area (Å²) < 4.78 is 31.5. The summed E-state index contributed by atoms with van der Waals surface area (Å²) >= 11 is 5.79.